The highest BCUT2D eigenvalue weighted by Crippen LogP contribution is 2.22. The first kappa shape index (κ1) is 19.9. The Morgan fingerprint density at radius 3 is 2.21 bits per heavy atom. The lowest BCUT2D eigenvalue weighted by molar-refractivity contribution is -0.119. The molecule has 3 rings (SSSR count). The van der Waals surface area contributed by atoms with Crippen molar-refractivity contribution < 1.29 is 31.5 Å². The number of esters is 1. The van der Waals surface area contributed by atoms with Crippen molar-refractivity contribution in [3.8, 4) is 0 Å². The summed E-state index contributed by atoms with van der Waals surface area (Å²) in [7, 11) is -3.63. The molecule has 1 amide bonds. The van der Waals surface area contributed by atoms with E-state index in [4.69, 9.17) is 4.74 Å². The van der Waals surface area contributed by atoms with Crippen LogP contribution in [0.1, 0.15) is 23.2 Å². The van der Waals surface area contributed by atoms with Crippen molar-refractivity contribution in [2.45, 2.75) is 23.8 Å². The molecule has 1 aliphatic carbocycles. The summed E-state index contributed by atoms with van der Waals surface area (Å²) in [6.07, 6.45) is 1.60. The van der Waals surface area contributed by atoms with Gasteiger partial charge >= 0.3 is 5.97 Å². The zero-order chi connectivity index (χ0) is 20.3. The Kier molecular flexibility index (Phi) is 5.71. The van der Waals surface area contributed by atoms with Crippen LogP contribution in [-0.4, -0.2) is 32.9 Å². The molecule has 0 atom stereocenters. The van der Waals surface area contributed by atoms with Crippen LogP contribution in [0.25, 0.3) is 0 Å². The number of benzene rings is 2. The van der Waals surface area contributed by atoms with Gasteiger partial charge < -0.3 is 10.1 Å². The summed E-state index contributed by atoms with van der Waals surface area (Å²) in [5.74, 6) is -3.36. The van der Waals surface area contributed by atoms with Gasteiger partial charge in [0.2, 0.25) is 10.0 Å². The lowest BCUT2D eigenvalue weighted by Gasteiger charge is -2.08. The SMILES string of the molecule is O=C(COC(=O)c1ccc(S(=O)(=O)NC2CC2)cc1)Nc1cc(F)cc(F)c1. The largest absolute Gasteiger partial charge is 0.452 e. The van der Waals surface area contributed by atoms with Crippen LogP contribution in [0.15, 0.2) is 47.4 Å². The summed E-state index contributed by atoms with van der Waals surface area (Å²) in [6, 6.07) is 7.50. The van der Waals surface area contributed by atoms with Crippen LogP contribution in [0.4, 0.5) is 14.5 Å². The average Bonchev–Trinajstić information content (AvgIpc) is 3.42. The molecule has 0 spiro atoms. The Hall–Kier alpha value is -2.85. The minimum atomic E-state index is -3.63. The average molecular weight is 410 g/mol. The highest BCUT2D eigenvalue weighted by Gasteiger charge is 2.28. The molecular weight excluding hydrogens is 394 g/mol. The lowest BCUT2D eigenvalue weighted by Crippen LogP contribution is -2.25. The van der Waals surface area contributed by atoms with E-state index < -0.39 is 40.1 Å². The molecule has 1 aliphatic rings. The molecule has 1 saturated carbocycles. The van der Waals surface area contributed by atoms with Gasteiger partial charge in [0.05, 0.1) is 10.5 Å². The Morgan fingerprint density at radius 2 is 1.64 bits per heavy atom. The second-order valence-corrected chi connectivity index (χ2v) is 7.92. The Bertz CT molecular complexity index is 985. The standard InChI is InChI=1S/C18H16F2N2O5S/c19-12-7-13(20)9-15(8-12)21-17(23)10-27-18(24)11-1-5-16(6-2-11)28(25,26)22-14-3-4-14/h1-2,5-9,14,22H,3-4,10H2,(H,21,23). The van der Waals surface area contributed by atoms with Gasteiger partial charge in [0, 0.05) is 17.8 Å². The third-order valence-electron chi connectivity index (χ3n) is 3.78. The van der Waals surface area contributed by atoms with E-state index in [1.807, 2.05) is 0 Å². The number of hydrogen-bond donors (Lipinski definition) is 2. The van der Waals surface area contributed by atoms with E-state index in [1.165, 1.54) is 24.3 Å². The monoisotopic (exact) mass is 410 g/mol. The van der Waals surface area contributed by atoms with Crippen molar-refractivity contribution in [3.05, 3.63) is 59.7 Å². The number of sulfonamides is 1. The molecule has 0 bridgehead atoms. The van der Waals surface area contributed by atoms with Gasteiger partial charge in [-0.3, -0.25) is 4.79 Å². The van der Waals surface area contributed by atoms with E-state index in [-0.39, 0.29) is 22.2 Å². The zero-order valence-corrected chi connectivity index (χ0v) is 15.3. The molecule has 28 heavy (non-hydrogen) atoms. The van der Waals surface area contributed by atoms with Crippen LogP contribution in [0, 0.1) is 11.6 Å². The third kappa shape index (κ3) is 5.33. The third-order valence-corrected chi connectivity index (χ3v) is 5.32. The van der Waals surface area contributed by atoms with Gasteiger partial charge in [0.15, 0.2) is 6.61 Å². The summed E-state index contributed by atoms with van der Waals surface area (Å²) < 4.78 is 57.6. The molecule has 7 nitrogen and oxygen atoms in total. The zero-order valence-electron chi connectivity index (χ0n) is 14.4. The van der Waals surface area contributed by atoms with Gasteiger partial charge in [-0.25, -0.2) is 26.7 Å². The molecule has 2 N–H and O–H groups in total. The van der Waals surface area contributed by atoms with Crippen LogP contribution >= 0.6 is 0 Å². The fourth-order valence-electron chi connectivity index (χ4n) is 2.30. The number of nitrogens with one attached hydrogen (secondary N) is 2. The highest BCUT2D eigenvalue weighted by molar-refractivity contribution is 7.89. The predicted octanol–water partition coefficient (Wildman–Crippen LogP) is 2.20. The maximum absolute atomic E-state index is 13.1. The number of rotatable bonds is 7. The normalized spacial score (nSPS) is 13.8. The van der Waals surface area contributed by atoms with E-state index in [0.717, 1.165) is 25.0 Å². The van der Waals surface area contributed by atoms with Gasteiger partial charge in [-0.2, -0.15) is 0 Å². The topological polar surface area (TPSA) is 102 Å². The smallest absolute Gasteiger partial charge is 0.338 e. The molecular formula is C18H16F2N2O5S. The first-order chi connectivity index (χ1) is 13.2. The minimum Gasteiger partial charge on any atom is -0.452 e. The van der Waals surface area contributed by atoms with Crippen molar-refractivity contribution in [3.63, 3.8) is 0 Å². The fourth-order valence-corrected chi connectivity index (χ4v) is 3.60. The van der Waals surface area contributed by atoms with E-state index in [1.54, 1.807) is 0 Å². The number of amides is 1. The summed E-state index contributed by atoms with van der Waals surface area (Å²) in [5.41, 5.74) is -0.0637. The van der Waals surface area contributed by atoms with Crippen molar-refractivity contribution in [1.29, 1.82) is 0 Å². The minimum absolute atomic E-state index is 0.0156. The highest BCUT2D eigenvalue weighted by atomic mass is 32.2. The van der Waals surface area contributed by atoms with Crippen molar-refractivity contribution >= 4 is 27.6 Å². The number of carbonyl (C=O) groups excluding carboxylic acids is 2. The molecule has 2 aromatic rings. The predicted molar refractivity (Wildman–Crippen MR) is 95.1 cm³/mol. The lowest BCUT2D eigenvalue weighted by atomic mass is 10.2. The molecule has 10 heteroatoms. The first-order valence-electron chi connectivity index (χ1n) is 8.28. The van der Waals surface area contributed by atoms with Crippen LogP contribution in [0.2, 0.25) is 0 Å². The van der Waals surface area contributed by atoms with Crippen molar-refractivity contribution in [1.82, 2.24) is 4.72 Å². The molecule has 0 saturated heterocycles. The fraction of sp³-hybridized carbons (Fsp3) is 0.222. The molecule has 2 aromatic carbocycles. The van der Waals surface area contributed by atoms with Crippen molar-refractivity contribution in [2.75, 3.05) is 11.9 Å². The Morgan fingerprint density at radius 1 is 1.04 bits per heavy atom. The Labute approximate surface area is 159 Å². The molecule has 0 aliphatic heterocycles. The van der Waals surface area contributed by atoms with E-state index in [0.29, 0.717) is 6.07 Å². The van der Waals surface area contributed by atoms with Crippen LogP contribution in [0.3, 0.4) is 0 Å². The van der Waals surface area contributed by atoms with Crippen LogP contribution < -0.4 is 10.0 Å². The second kappa shape index (κ2) is 8.03. The number of carbonyl (C=O) groups is 2. The van der Waals surface area contributed by atoms with Gasteiger partial charge in [0.1, 0.15) is 11.6 Å². The number of anilines is 1. The summed E-state index contributed by atoms with van der Waals surface area (Å²) in [5, 5.41) is 2.20. The van der Waals surface area contributed by atoms with Crippen molar-refractivity contribution in [2.24, 2.45) is 0 Å². The molecule has 0 heterocycles. The van der Waals surface area contributed by atoms with E-state index >= 15 is 0 Å². The molecule has 148 valence electrons. The maximum Gasteiger partial charge on any atom is 0.338 e. The quantitative estimate of drug-likeness (QED) is 0.682. The second-order valence-electron chi connectivity index (χ2n) is 6.20. The van der Waals surface area contributed by atoms with Crippen LogP contribution in [-0.2, 0) is 19.6 Å². The summed E-state index contributed by atoms with van der Waals surface area (Å²) >= 11 is 0. The molecule has 1 fully saturated rings. The van der Waals surface area contributed by atoms with Gasteiger partial charge in [0.25, 0.3) is 5.91 Å². The molecule has 0 unspecified atom stereocenters. The van der Waals surface area contributed by atoms with Gasteiger partial charge in [-0.05, 0) is 49.2 Å². The molecule has 0 radical (unpaired) electrons. The number of hydrogen-bond acceptors (Lipinski definition) is 5. The van der Waals surface area contributed by atoms with E-state index in [9.17, 15) is 26.8 Å². The number of ether oxygens (including phenoxy) is 1. The molecule has 0 aromatic heterocycles. The van der Waals surface area contributed by atoms with Gasteiger partial charge in [-0.15, -0.1) is 0 Å². The Balaban J connectivity index is 1.54. The summed E-state index contributed by atoms with van der Waals surface area (Å²) in [4.78, 5) is 23.7. The van der Waals surface area contributed by atoms with E-state index in [2.05, 4.69) is 10.0 Å². The number of halogens is 2. The first-order valence-corrected chi connectivity index (χ1v) is 9.77. The van der Waals surface area contributed by atoms with Gasteiger partial charge in [-0.1, -0.05) is 0 Å². The van der Waals surface area contributed by atoms with Crippen LogP contribution in [0.5, 0.6) is 0 Å². The summed E-state index contributed by atoms with van der Waals surface area (Å²) in [6.45, 7) is -0.680. The maximum atomic E-state index is 13.1.